The lowest BCUT2D eigenvalue weighted by atomic mass is 10.0. The number of carbonyl (C=O) groups excluding carboxylic acids is 1. The van der Waals surface area contributed by atoms with Gasteiger partial charge in [-0.05, 0) is 30.4 Å². The summed E-state index contributed by atoms with van der Waals surface area (Å²) < 4.78 is 5.60. The second-order valence-corrected chi connectivity index (χ2v) is 6.05. The fourth-order valence-electron chi connectivity index (χ4n) is 3.18. The van der Waals surface area contributed by atoms with Crippen molar-refractivity contribution in [2.24, 2.45) is 0 Å². The largest absolute Gasteiger partial charge is 0.367 e. The summed E-state index contributed by atoms with van der Waals surface area (Å²) >= 11 is 0. The van der Waals surface area contributed by atoms with E-state index in [9.17, 15) is 4.79 Å². The van der Waals surface area contributed by atoms with Crippen molar-refractivity contribution in [3.8, 4) is 0 Å². The van der Waals surface area contributed by atoms with Gasteiger partial charge in [-0.3, -0.25) is 4.79 Å². The Morgan fingerprint density at radius 3 is 2.35 bits per heavy atom. The van der Waals surface area contributed by atoms with Crippen LogP contribution in [0.15, 0.2) is 60.7 Å². The molecule has 3 heteroatoms. The maximum Gasteiger partial charge on any atom is 0.248 e. The quantitative estimate of drug-likeness (QED) is 0.818. The van der Waals surface area contributed by atoms with Crippen molar-refractivity contribution in [1.82, 2.24) is 4.90 Å². The van der Waals surface area contributed by atoms with Gasteiger partial charge in [-0.2, -0.15) is 0 Å². The molecule has 3 nitrogen and oxygen atoms in total. The van der Waals surface area contributed by atoms with E-state index in [1.165, 1.54) is 5.56 Å². The van der Waals surface area contributed by atoms with Crippen molar-refractivity contribution in [2.45, 2.75) is 31.9 Å². The molecule has 2 aromatic rings. The van der Waals surface area contributed by atoms with E-state index in [2.05, 4.69) is 24.3 Å². The van der Waals surface area contributed by atoms with Gasteiger partial charge in [0.15, 0.2) is 0 Å². The van der Waals surface area contributed by atoms with E-state index >= 15 is 0 Å². The predicted octanol–water partition coefficient (Wildman–Crippen LogP) is 3.44. The van der Waals surface area contributed by atoms with Gasteiger partial charge in [0.05, 0.1) is 6.61 Å². The molecule has 1 atom stereocenters. The molecule has 0 radical (unpaired) electrons. The van der Waals surface area contributed by atoms with Gasteiger partial charge in [-0.15, -0.1) is 0 Å². The molecule has 0 spiro atoms. The van der Waals surface area contributed by atoms with Gasteiger partial charge in [0, 0.05) is 12.6 Å². The summed E-state index contributed by atoms with van der Waals surface area (Å²) in [5, 5.41) is 0. The molecule has 1 saturated heterocycles. The van der Waals surface area contributed by atoms with Crippen LogP contribution in [0.4, 0.5) is 0 Å². The van der Waals surface area contributed by atoms with Crippen LogP contribution in [0.3, 0.4) is 0 Å². The smallest absolute Gasteiger partial charge is 0.248 e. The Morgan fingerprint density at radius 1 is 1.00 bits per heavy atom. The summed E-state index contributed by atoms with van der Waals surface area (Å²) in [4.78, 5) is 14.4. The maximum absolute atomic E-state index is 12.4. The number of rotatable bonds is 6. The molecule has 1 unspecified atom stereocenters. The summed E-state index contributed by atoms with van der Waals surface area (Å²) in [5.41, 5.74) is 2.39. The molecule has 1 aliphatic heterocycles. The molecule has 0 bridgehead atoms. The third kappa shape index (κ3) is 4.42. The molecular weight excluding hydrogens is 286 g/mol. The Bertz CT molecular complexity index is 612. The van der Waals surface area contributed by atoms with Gasteiger partial charge in [-0.25, -0.2) is 0 Å². The lowest BCUT2D eigenvalue weighted by Crippen LogP contribution is -2.39. The van der Waals surface area contributed by atoms with Crippen LogP contribution in [-0.4, -0.2) is 30.0 Å². The summed E-state index contributed by atoms with van der Waals surface area (Å²) in [6.07, 6.45) is 3.10. The number of amides is 1. The number of nitrogens with zero attached hydrogens (tertiary/aromatic N) is 1. The molecule has 0 aromatic heterocycles. The SMILES string of the molecule is O=C(COCc1ccccc1)N1CCCC1Cc1ccccc1. The number of hydrogen-bond acceptors (Lipinski definition) is 2. The molecule has 1 fully saturated rings. The van der Waals surface area contributed by atoms with Gasteiger partial charge in [0.1, 0.15) is 6.61 Å². The van der Waals surface area contributed by atoms with Gasteiger partial charge in [-0.1, -0.05) is 60.7 Å². The van der Waals surface area contributed by atoms with Gasteiger partial charge in [0.25, 0.3) is 0 Å². The minimum Gasteiger partial charge on any atom is -0.367 e. The van der Waals surface area contributed by atoms with E-state index in [1.807, 2.05) is 41.3 Å². The zero-order chi connectivity index (χ0) is 15.9. The number of likely N-dealkylation sites (tertiary alicyclic amines) is 1. The molecule has 23 heavy (non-hydrogen) atoms. The standard InChI is InChI=1S/C20H23NO2/c22-20(16-23-15-18-10-5-2-6-11-18)21-13-7-12-19(21)14-17-8-3-1-4-9-17/h1-6,8-11,19H,7,12-16H2. The minimum atomic E-state index is 0.111. The van der Waals surface area contributed by atoms with E-state index < -0.39 is 0 Å². The highest BCUT2D eigenvalue weighted by atomic mass is 16.5. The Hall–Kier alpha value is -2.13. The summed E-state index contributed by atoms with van der Waals surface area (Å²) in [5.74, 6) is 0.111. The van der Waals surface area contributed by atoms with Crippen LogP contribution in [-0.2, 0) is 22.6 Å². The molecule has 0 aliphatic carbocycles. The fraction of sp³-hybridized carbons (Fsp3) is 0.350. The van der Waals surface area contributed by atoms with Crippen molar-refractivity contribution in [2.75, 3.05) is 13.2 Å². The van der Waals surface area contributed by atoms with Gasteiger partial charge in [0.2, 0.25) is 5.91 Å². The molecule has 120 valence electrons. The lowest BCUT2D eigenvalue weighted by Gasteiger charge is -2.25. The molecule has 3 rings (SSSR count). The van der Waals surface area contributed by atoms with Crippen LogP contribution in [0.5, 0.6) is 0 Å². The van der Waals surface area contributed by atoms with Crippen molar-refractivity contribution >= 4 is 5.91 Å². The average Bonchev–Trinajstić information content (AvgIpc) is 3.05. The van der Waals surface area contributed by atoms with Crippen LogP contribution in [0.2, 0.25) is 0 Å². The first-order valence-electron chi connectivity index (χ1n) is 8.28. The highest BCUT2D eigenvalue weighted by Gasteiger charge is 2.28. The maximum atomic E-state index is 12.4. The number of carbonyl (C=O) groups is 1. The summed E-state index contributed by atoms with van der Waals surface area (Å²) in [6.45, 7) is 1.51. The van der Waals surface area contributed by atoms with Gasteiger partial charge < -0.3 is 9.64 Å². The normalized spacial score (nSPS) is 17.4. The van der Waals surface area contributed by atoms with Crippen molar-refractivity contribution < 1.29 is 9.53 Å². The third-order valence-corrected chi connectivity index (χ3v) is 4.35. The topological polar surface area (TPSA) is 29.5 Å². The Labute approximate surface area is 137 Å². The van der Waals surface area contributed by atoms with Crippen molar-refractivity contribution in [3.63, 3.8) is 0 Å². The Kier molecular flexibility index (Phi) is 5.43. The fourth-order valence-corrected chi connectivity index (χ4v) is 3.18. The molecule has 0 N–H and O–H groups in total. The third-order valence-electron chi connectivity index (χ3n) is 4.35. The summed E-state index contributed by atoms with van der Waals surface area (Å²) in [6, 6.07) is 20.7. The molecule has 1 heterocycles. The van der Waals surface area contributed by atoms with Crippen LogP contribution in [0.25, 0.3) is 0 Å². The zero-order valence-electron chi connectivity index (χ0n) is 13.4. The highest BCUT2D eigenvalue weighted by molar-refractivity contribution is 5.78. The van der Waals surface area contributed by atoms with E-state index in [0.717, 1.165) is 31.4 Å². The van der Waals surface area contributed by atoms with Crippen molar-refractivity contribution in [3.05, 3.63) is 71.8 Å². The first-order chi connectivity index (χ1) is 11.3. The average molecular weight is 309 g/mol. The van der Waals surface area contributed by atoms with E-state index in [0.29, 0.717) is 12.6 Å². The minimum absolute atomic E-state index is 0.111. The van der Waals surface area contributed by atoms with E-state index in [-0.39, 0.29) is 12.5 Å². The predicted molar refractivity (Wildman–Crippen MR) is 91.0 cm³/mol. The summed E-state index contributed by atoms with van der Waals surface area (Å²) in [7, 11) is 0. The first kappa shape index (κ1) is 15.8. The molecule has 2 aromatic carbocycles. The number of ether oxygens (including phenoxy) is 1. The monoisotopic (exact) mass is 309 g/mol. The van der Waals surface area contributed by atoms with E-state index in [1.54, 1.807) is 0 Å². The van der Waals surface area contributed by atoms with Crippen LogP contribution in [0.1, 0.15) is 24.0 Å². The van der Waals surface area contributed by atoms with Crippen LogP contribution < -0.4 is 0 Å². The Balaban J connectivity index is 1.50. The second kappa shape index (κ2) is 7.93. The molecule has 1 aliphatic rings. The molecular formula is C20H23NO2. The molecule has 0 saturated carbocycles. The lowest BCUT2D eigenvalue weighted by molar-refractivity contribution is -0.137. The van der Waals surface area contributed by atoms with Crippen molar-refractivity contribution in [1.29, 1.82) is 0 Å². The zero-order valence-corrected chi connectivity index (χ0v) is 13.4. The highest BCUT2D eigenvalue weighted by Crippen LogP contribution is 2.21. The van der Waals surface area contributed by atoms with Crippen LogP contribution in [0, 0.1) is 0 Å². The second-order valence-electron chi connectivity index (χ2n) is 6.05. The first-order valence-corrected chi connectivity index (χ1v) is 8.28. The number of benzene rings is 2. The van der Waals surface area contributed by atoms with Gasteiger partial charge >= 0.3 is 0 Å². The van der Waals surface area contributed by atoms with Crippen LogP contribution >= 0.6 is 0 Å². The number of hydrogen-bond donors (Lipinski definition) is 0. The Morgan fingerprint density at radius 2 is 1.65 bits per heavy atom. The molecule has 1 amide bonds. The van der Waals surface area contributed by atoms with E-state index in [4.69, 9.17) is 4.74 Å².